The van der Waals surface area contributed by atoms with E-state index in [-0.39, 0.29) is 17.4 Å². The predicted octanol–water partition coefficient (Wildman–Crippen LogP) is 1.78. The topological polar surface area (TPSA) is 99.7 Å². The van der Waals surface area contributed by atoms with Crippen molar-refractivity contribution in [1.29, 1.82) is 0 Å². The van der Waals surface area contributed by atoms with E-state index in [4.69, 9.17) is 10.9 Å². The second kappa shape index (κ2) is 5.73. The molecule has 0 radical (unpaired) electrons. The molecular weight excluding hydrogens is 268 g/mol. The molecule has 0 aliphatic heterocycles. The summed E-state index contributed by atoms with van der Waals surface area (Å²) in [5.74, 6) is 2.70. The fourth-order valence-electron chi connectivity index (χ4n) is 5.07. The standard InChI is InChI=1S/C15H26N4O2/c16-13(19-21)2-1-3-17-14(20)18-15-7-10-4-11(8-15)6-12(5-10)9-15/h10-12,21H,1-9H2,(H2,16,19)(H2,17,18,20). The first kappa shape index (κ1) is 14.5. The van der Waals surface area contributed by atoms with Crippen LogP contribution in [-0.2, 0) is 0 Å². The number of nitrogens with two attached hydrogens (primary N) is 1. The summed E-state index contributed by atoms with van der Waals surface area (Å²) in [7, 11) is 0. The van der Waals surface area contributed by atoms with Crippen LogP contribution in [0.1, 0.15) is 51.4 Å². The Kier molecular flexibility index (Phi) is 3.95. The van der Waals surface area contributed by atoms with Crippen molar-refractivity contribution in [2.24, 2.45) is 28.6 Å². The van der Waals surface area contributed by atoms with Crippen LogP contribution in [0.3, 0.4) is 0 Å². The molecule has 4 aliphatic rings. The number of rotatable bonds is 5. The molecule has 0 aromatic heterocycles. The Balaban J connectivity index is 1.45. The Morgan fingerprint density at radius 1 is 1.19 bits per heavy atom. The highest BCUT2D eigenvalue weighted by Gasteiger charge is 2.51. The molecule has 0 aromatic carbocycles. The van der Waals surface area contributed by atoms with Crippen molar-refractivity contribution in [3.63, 3.8) is 0 Å². The Morgan fingerprint density at radius 2 is 1.76 bits per heavy atom. The van der Waals surface area contributed by atoms with E-state index < -0.39 is 0 Å². The minimum atomic E-state index is -0.0588. The van der Waals surface area contributed by atoms with Crippen molar-refractivity contribution in [1.82, 2.24) is 10.6 Å². The quantitative estimate of drug-likeness (QED) is 0.204. The average Bonchev–Trinajstić information content (AvgIpc) is 2.41. The summed E-state index contributed by atoms with van der Waals surface area (Å²) in [6.07, 6.45) is 8.80. The van der Waals surface area contributed by atoms with Crippen molar-refractivity contribution in [2.75, 3.05) is 6.54 Å². The van der Waals surface area contributed by atoms with Gasteiger partial charge in [-0.05, 0) is 62.7 Å². The minimum absolute atomic E-state index is 0.0588. The van der Waals surface area contributed by atoms with Gasteiger partial charge in [0, 0.05) is 18.5 Å². The first-order valence-electron chi connectivity index (χ1n) is 8.11. The van der Waals surface area contributed by atoms with Gasteiger partial charge in [-0.1, -0.05) is 5.16 Å². The van der Waals surface area contributed by atoms with Crippen molar-refractivity contribution >= 4 is 11.9 Å². The number of amidine groups is 1. The molecule has 21 heavy (non-hydrogen) atoms. The van der Waals surface area contributed by atoms with Crippen LogP contribution in [0, 0.1) is 17.8 Å². The van der Waals surface area contributed by atoms with E-state index >= 15 is 0 Å². The normalized spacial score (nSPS) is 37.5. The molecule has 4 aliphatic carbocycles. The van der Waals surface area contributed by atoms with Gasteiger partial charge in [0.05, 0.1) is 0 Å². The van der Waals surface area contributed by atoms with Gasteiger partial charge >= 0.3 is 6.03 Å². The zero-order valence-electron chi connectivity index (χ0n) is 12.5. The second-order valence-corrected chi connectivity index (χ2v) is 7.27. The van der Waals surface area contributed by atoms with E-state index in [2.05, 4.69) is 15.8 Å². The minimum Gasteiger partial charge on any atom is -0.409 e. The number of hydrogen-bond donors (Lipinski definition) is 4. The number of nitrogens with zero attached hydrogens (tertiary/aromatic N) is 1. The summed E-state index contributed by atoms with van der Waals surface area (Å²) >= 11 is 0. The van der Waals surface area contributed by atoms with Crippen LogP contribution >= 0.6 is 0 Å². The summed E-state index contributed by atoms with van der Waals surface area (Å²) < 4.78 is 0. The maximum atomic E-state index is 12.1. The van der Waals surface area contributed by atoms with Crippen molar-refractivity contribution in [2.45, 2.75) is 56.9 Å². The lowest BCUT2D eigenvalue weighted by Crippen LogP contribution is -2.61. The summed E-state index contributed by atoms with van der Waals surface area (Å²) in [5.41, 5.74) is 5.46. The molecule has 118 valence electrons. The van der Waals surface area contributed by atoms with Crippen LogP contribution in [0.5, 0.6) is 0 Å². The highest BCUT2D eigenvalue weighted by atomic mass is 16.4. The van der Waals surface area contributed by atoms with E-state index in [9.17, 15) is 4.79 Å². The number of carbonyl (C=O) groups excluding carboxylic acids is 1. The Bertz CT molecular complexity index is 400. The van der Waals surface area contributed by atoms with Crippen LogP contribution in [-0.4, -0.2) is 29.2 Å². The van der Waals surface area contributed by atoms with Crippen molar-refractivity contribution < 1.29 is 10.0 Å². The summed E-state index contributed by atoms with van der Waals surface area (Å²) in [6, 6.07) is -0.0588. The first-order chi connectivity index (χ1) is 10.1. The number of oxime groups is 1. The fraction of sp³-hybridized carbons (Fsp3) is 0.867. The lowest BCUT2D eigenvalue weighted by molar-refractivity contribution is -0.0135. The molecule has 2 amide bonds. The Morgan fingerprint density at radius 3 is 2.29 bits per heavy atom. The molecule has 6 nitrogen and oxygen atoms in total. The van der Waals surface area contributed by atoms with E-state index in [0.717, 1.165) is 37.0 Å². The molecule has 0 saturated heterocycles. The van der Waals surface area contributed by atoms with Crippen molar-refractivity contribution in [3.8, 4) is 0 Å². The highest BCUT2D eigenvalue weighted by molar-refractivity contribution is 5.79. The maximum absolute atomic E-state index is 12.1. The molecule has 5 N–H and O–H groups in total. The third kappa shape index (κ3) is 3.24. The van der Waals surface area contributed by atoms with Crippen molar-refractivity contribution in [3.05, 3.63) is 0 Å². The van der Waals surface area contributed by atoms with E-state index in [1.807, 2.05) is 0 Å². The zero-order chi connectivity index (χ0) is 14.9. The van der Waals surface area contributed by atoms with Gasteiger partial charge in [-0.3, -0.25) is 0 Å². The maximum Gasteiger partial charge on any atom is 0.315 e. The van der Waals surface area contributed by atoms with Crippen LogP contribution in [0.2, 0.25) is 0 Å². The predicted molar refractivity (Wildman–Crippen MR) is 80.1 cm³/mol. The van der Waals surface area contributed by atoms with Gasteiger partial charge < -0.3 is 21.6 Å². The number of urea groups is 1. The monoisotopic (exact) mass is 294 g/mol. The van der Waals surface area contributed by atoms with Gasteiger partial charge in [-0.2, -0.15) is 0 Å². The molecular formula is C15H26N4O2. The van der Waals surface area contributed by atoms with Gasteiger partial charge in [-0.15, -0.1) is 0 Å². The summed E-state index contributed by atoms with van der Waals surface area (Å²) in [5, 5.41) is 17.5. The van der Waals surface area contributed by atoms with Gasteiger partial charge in [0.1, 0.15) is 5.84 Å². The van der Waals surface area contributed by atoms with Gasteiger partial charge in [0.25, 0.3) is 0 Å². The number of carbonyl (C=O) groups is 1. The molecule has 4 saturated carbocycles. The van der Waals surface area contributed by atoms with Crippen LogP contribution in [0.15, 0.2) is 5.16 Å². The zero-order valence-corrected chi connectivity index (χ0v) is 12.5. The Hall–Kier alpha value is -1.46. The lowest BCUT2D eigenvalue weighted by atomic mass is 9.53. The molecule has 0 aromatic rings. The number of amides is 2. The highest BCUT2D eigenvalue weighted by Crippen LogP contribution is 2.55. The largest absolute Gasteiger partial charge is 0.409 e. The Labute approximate surface area is 125 Å². The number of nitrogens with one attached hydrogen (secondary N) is 2. The van der Waals surface area contributed by atoms with E-state index in [1.165, 1.54) is 19.3 Å². The van der Waals surface area contributed by atoms with Crippen LogP contribution < -0.4 is 16.4 Å². The van der Waals surface area contributed by atoms with Crippen LogP contribution in [0.25, 0.3) is 0 Å². The van der Waals surface area contributed by atoms with E-state index in [1.54, 1.807) is 0 Å². The van der Waals surface area contributed by atoms with Gasteiger partial charge in [0.15, 0.2) is 0 Å². The first-order valence-corrected chi connectivity index (χ1v) is 8.11. The SMILES string of the molecule is NC(CCCNC(=O)NC12CC3CC(CC(C3)C1)C2)=NO. The van der Waals surface area contributed by atoms with E-state index in [0.29, 0.717) is 19.4 Å². The molecule has 0 heterocycles. The summed E-state index contributed by atoms with van der Waals surface area (Å²) in [6.45, 7) is 0.550. The number of hydrogen-bond acceptors (Lipinski definition) is 3. The third-order valence-corrected chi connectivity index (χ3v) is 5.44. The molecule has 0 spiro atoms. The van der Waals surface area contributed by atoms with Gasteiger partial charge in [-0.25, -0.2) is 4.79 Å². The molecule has 4 rings (SSSR count). The third-order valence-electron chi connectivity index (χ3n) is 5.44. The molecule has 4 bridgehead atoms. The molecule has 4 fully saturated rings. The smallest absolute Gasteiger partial charge is 0.315 e. The molecule has 0 unspecified atom stereocenters. The van der Waals surface area contributed by atoms with Gasteiger partial charge in [0.2, 0.25) is 0 Å². The lowest BCUT2D eigenvalue weighted by Gasteiger charge is -2.56. The molecule has 0 atom stereocenters. The average molecular weight is 294 g/mol. The second-order valence-electron chi connectivity index (χ2n) is 7.27. The summed E-state index contributed by atoms with van der Waals surface area (Å²) in [4.78, 5) is 12.1. The fourth-order valence-corrected chi connectivity index (χ4v) is 5.07. The molecule has 6 heteroatoms. The van der Waals surface area contributed by atoms with Crippen LogP contribution in [0.4, 0.5) is 4.79 Å².